The van der Waals surface area contributed by atoms with Gasteiger partial charge in [0.1, 0.15) is 23.2 Å². The topological polar surface area (TPSA) is 0 Å². The Morgan fingerprint density at radius 3 is 1.44 bits per heavy atom. The summed E-state index contributed by atoms with van der Waals surface area (Å²) >= 11 is 2.09. The minimum absolute atomic E-state index is 0.702. The Kier molecular flexibility index (Phi) is 6.01. The maximum atomic E-state index is 2.39. The van der Waals surface area contributed by atoms with Crippen molar-refractivity contribution in [2.45, 2.75) is 36.6 Å². The van der Waals surface area contributed by atoms with Gasteiger partial charge >= 0.3 is 0 Å². The molecule has 0 saturated heterocycles. The van der Waals surface area contributed by atoms with Crippen LogP contribution in [0.15, 0.2) is 91.0 Å². The molecule has 138 valence electrons. The molecule has 1 aliphatic rings. The van der Waals surface area contributed by atoms with Gasteiger partial charge in [-0.05, 0) is 61.9 Å². The third-order valence-electron chi connectivity index (χ3n) is 5.96. The van der Waals surface area contributed by atoms with Crippen LogP contribution in [0, 0.1) is 0 Å². The summed E-state index contributed by atoms with van der Waals surface area (Å²) in [5.41, 5.74) is 0.702. The molecule has 2 unspecified atom stereocenters. The van der Waals surface area contributed by atoms with Gasteiger partial charge in [-0.3, -0.25) is 0 Å². The van der Waals surface area contributed by atoms with Crippen LogP contribution in [0.4, 0.5) is 0 Å². The Balaban J connectivity index is 2.03. The van der Waals surface area contributed by atoms with Crippen molar-refractivity contribution in [2.24, 2.45) is 0 Å². The largest absolute Gasteiger partial charge is 0.158 e. The number of thioether (sulfide) groups is 1. The SMILES string of the molecule is CSC1CCCCC1[P+](c1ccccc1)(c1ccccc1)c1ccccc1. The highest BCUT2D eigenvalue weighted by molar-refractivity contribution is 8.01. The molecule has 0 aromatic heterocycles. The predicted molar refractivity (Wildman–Crippen MR) is 125 cm³/mol. The lowest BCUT2D eigenvalue weighted by molar-refractivity contribution is 0.523. The van der Waals surface area contributed by atoms with Gasteiger partial charge in [0.25, 0.3) is 0 Å². The van der Waals surface area contributed by atoms with Gasteiger partial charge in [0, 0.05) is 5.25 Å². The van der Waals surface area contributed by atoms with E-state index >= 15 is 0 Å². The molecule has 2 heteroatoms. The zero-order valence-corrected chi connectivity index (χ0v) is 17.7. The third-order valence-corrected chi connectivity index (χ3v) is 12.3. The Morgan fingerprint density at radius 1 is 0.630 bits per heavy atom. The molecule has 27 heavy (non-hydrogen) atoms. The molecular formula is C25H28PS+. The first-order valence-corrected chi connectivity index (χ1v) is 13.1. The van der Waals surface area contributed by atoms with E-state index in [1.165, 1.54) is 41.6 Å². The zero-order valence-electron chi connectivity index (χ0n) is 16.0. The van der Waals surface area contributed by atoms with E-state index < -0.39 is 7.26 Å². The lowest BCUT2D eigenvalue weighted by Crippen LogP contribution is -2.44. The minimum atomic E-state index is -1.72. The van der Waals surface area contributed by atoms with Gasteiger partial charge in [-0.1, -0.05) is 61.0 Å². The number of hydrogen-bond acceptors (Lipinski definition) is 1. The van der Waals surface area contributed by atoms with Crippen molar-refractivity contribution in [3.8, 4) is 0 Å². The quantitative estimate of drug-likeness (QED) is 0.506. The second-order valence-corrected chi connectivity index (χ2v) is 12.1. The van der Waals surface area contributed by atoms with Crippen LogP contribution in [0.25, 0.3) is 0 Å². The molecule has 0 N–H and O–H groups in total. The van der Waals surface area contributed by atoms with Gasteiger partial charge in [0.2, 0.25) is 0 Å². The van der Waals surface area contributed by atoms with E-state index in [9.17, 15) is 0 Å². The zero-order chi connectivity index (χ0) is 18.5. The van der Waals surface area contributed by atoms with Crippen LogP contribution in [-0.2, 0) is 0 Å². The van der Waals surface area contributed by atoms with Crippen LogP contribution >= 0.6 is 19.0 Å². The smallest absolute Gasteiger partial charge is 0.116 e. The van der Waals surface area contributed by atoms with E-state index in [1.807, 2.05) is 0 Å². The third kappa shape index (κ3) is 3.48. The Morgan fingerprint density at radius 2 is 1.04 bits per heavy atom. The molecule has 0 bridgehead atoms. The molecule has 1 saturated carbocycles. The highest BCUT2D eigenvalue weighted by Gasteiger charge is 2.55. The minimum Gasteiger partial charge on any atom is -0.158 e. The molecular weight excluding hydrogens is 363 g/mol. The summed E-state index contributed by atoms with van der Waals surface area (Å²) < 4.78 is 0. The van der Waals surface area contributed by atoms with Gasteiger partial charge in [-0.15, -0.1) is 0 Å². The van der Waals surface area contributed by atoms with Gasteiger partial charge < -0.3 is 0 Å². The second kappa shape index (κ2) is 8.63. The molecule has 1 aliphatic carbocycles. The van der Waals surface area contributed by atoms with Crippen molar-refractivity contribution in [1.29, 1.82) is 0 Å². The molecule has 0 nitrogen and oxygen atoms in total. The first-order valence-electron chi connectivity index (χ1n) is 9.95. The molecule has 0 radical (unpaired) electrons. The fourth-order valence-corrected chi connectivity index (χ4v) is 11.8. The van der Waals surface area contributed by atoms with Crippen molar-refractivity contribution < 1.29 is 0 Å². The molecule has 0 aliphatic heterocycles. The fourth-order valence-electron chi connectivity index (χ4n) is 4.81. The van der Waals surface area contributed by atoms with Crippen LogP contribution < -0.4 is 15.9 Å². The molecule has 1 fully saturated rings. The molecule has 0 spiro atoms. The van der Waals surface area contributed by atoms with Crippen molar-refractivity contribution in [2.75, 3.05) is 6.26 Å². The van der Waals surface area contributed by atoms with Crippen molar-refractivity contribution >= 4 is 34.9 Å². The first-order chi connectivity index (χ1) is 13.4. The summed E-state index contributed by atoms with van der Waals surface area (Å²) in [4.78, 5) is 0. The van der Waals surface area contributed by atoms with Crippen molar-refractivity contribution in [1.82, 2.24) is 0 Å². The molecule has 4 rings (SSSR count). The summed E-state index contributed by atoms with van der Waals surface area (Å²) in [6.07, 6.45) is 7.73. The van der Waals surface area contributed by atoms with Gasteiger partial charge in [0.05, 0.1) is 5.66 Å². The monoisotopic (exact) mass is 391 g/mol. The molecule has 0 amide bonds. The van der Waals surface area contributed by atoms with E-state index in [2.05, 4.69) is 109 Å². The lowest BCUT2D eigenvalue weighted by Gasteiger charge is -2.40. The van der Waals surface area contributed by atoms with Gasteiger partial charge in [-0.2, -0.15) is 11.8 Å². The van der Waals surface area contributed by atoms with Crippen molar-refractivity contribution in [3.63, 3.8) is 0 Å². The van der Waals surface area contributed by atoms with Crippen LogP contribution in [0.3, 0.4) is 0 Å². The summed E-state index contributed by atoms with van der Waals surface area (Å²) in [5.74, 6) is 0. The number of rotatable bonds is 5. The average Bonchev–Trinajstić information content (AvgIpc) is 2.77. The second-order valence-electron chi connectivity index (χ2n) is 7.36. The van der Waals surface area contributed by atoms with Crippen LogP contribution in [-0.4, -0.2) is 17.2 Å². The number of hydrogen-bond donors (Lipinski definition) is 0. The van der Waals surface area contributed by atoms with E-state index in [-0.39, 0.29) is 0 Å². The number of benzene rings is 3. The molecule has 0 heterocycles. The summed E-state index contributed by atoms with van der Waals surface area (Å²) in [5, 5.41) is 5.34. The van der Waals surface area contributed by atoms with Crippen molar-refractivity contribution in [3.05, 3.63) is 91.0 Å². The van der Waals surface area contributed by atoms with Crippen LogP contribution in [0.1, 0.15) is 25.7 Å². The average molecular weight is 392 g/mol. The normalized spacial score (nSPS) is 20.3. The maximum Gasteiger partial charge on any atom is 0.116 e. The van der Waals surface area contributed by atoms with E-state index in [0.717, 1.165) is 5.25 Å². The predicted octanol–water partition coefficient (Wildman–Crippen LogP) is 5.65. The van der Waals surface area contributed by atoms with E-state index in [1.54, 1.807) is 0 Å². The maximum absolute atomic E-state index is 2.39. The Labute approximate surface area is 168 Å². The Bertz CT molecular complexity index is 735. The highest BCUT2D eigenvalue weighted by atomic mass is 32.2. The first kappa shape index (κ1) is 18.8. The van der Waals surface area contributed by atoms with Gasteiger partial charge in [0.15, 0.2) is 0 Å². The summed E-state index contributed by atoms with van der Waals surface area (Å²) in [6, 6.07) is 34.2. The van der Waals surface area contributed by atoms with Gasteiger partial charge in [-0.25, -0.2) is 0 Å². The molecule has 3 aromatic rings. The molecule has 2 atom stereocenters. The van der Waals surface area contributed by atoms with Crippen LogP contribution in [0.2, 0.25) is 0 Å². The fraction of sp³-hybridized carbons (Fsp3) is 0.280. The Hall–Kier alpha value is -1.56. The highest BCUT2D eigenvalue weighted by Crippen LogP contribution is 2.64. The summed E-state index contributed by atoms with van der Waals surface area (Å²) in [7, 11) is -1.72. The summed E-state index contributed by atoms with van der Waals surface area (Å²) in [6.45, 7) is 0. The van der Waals surface area contributed by atoms with E-state index in [0.29, 0.717) is 5.66 Å². The van der Waals surface area contributed by atoms with Crippen LogP contribution in [0.5, 0.6) is 0 Å². The standard InChI is InChI=1S/C25H28PS/c1-27-25-20-12-11-19-24(25)26(21-13-5-2-6-14-21,22-15-7-3-8-16-22)23-17-9-4-10-18-23/h2-10,13-18,24-25H,11-12,19-20H2,1H3/q+1. The lowest BCUT2D eigenvalue weighted by atomic mass is 9.99. The molecule has 3 aromatic carbocycles. The van der Waals surface area contributed by atoms with E-state index in [4.69, 9.17) is 0 Å².